The van der Waals surface area contributed by atoms with Crippen LogP contribution in [0, 0.1) is 0 Å². The Morgan fingerprint density at radius 2 is 2.38 bits per heavy atom. The summed E-state index contributed by atoms with van der Waals surface area (Å²) < 4.78 is 5.21. The van der Waals surface area contributed by atoms with Gasteiger partial charge in [0, 0.05) is 12.7 Å². The van der Waals surface area contributed by atoms with E-state index < -0.39 is 0 Å². The van der Waals surface area contributed by atoms with Crippen LogP contribution in [-0.4, -0.2) is 18.6 Å². The van der Waals surface area contributed by atoms with Crippen molar-refractivity contribution in [3.05, 3.63) is 22.8 Å². The highest BCUT2D eigenvalue weighted by atomic mass is 35.5. The summed E-state index contributed by atoms with van der Waals surface area (Å²) in [5.41, 5.74) is 1.05. The van der Waals surface area contributed by atoms with Crippen LogP contribution in [0.1, 0.15) is 12.5 Å². The van der Waals surface area contributed by atoms with E-state index in [1.807, 2.05) is 20.0 Å². The minimum Gasteiger partial charge on any atom is -0.477 e. The normalized spacial score (nSPS) is 10.1. The van der Waals surface area contributed by atoms with Crippen LogP contribution < -0.4 is 10.1 Å². The lowest BCUT2D eigenvalue weighted by Crippen LogP contribution is -2.05. The summed E-state index contributed by atoms with van der Waals surface area (Å²) in [5, 5.41) is 3.59. The molecular weight excluding hydrogens is 188 g/mol. The molecule has 1 N–H and O–H groups in total. The van der Waals surface area contributed by atoms with Gasteiger partial charge < -0.3 is 10.1 Å². The van der Waals surface area contributed by atoms with E-state index >= 15 is 0 Å². The quantitative estimate of drug-likeness (QED) is 0.806. The fourth-order valence-corrected chi connectivity index (χ4v) is 1.25. The topological polar surface area (TPSA) is 34.1 Å². The van der Waals surface area contributed by atoms with Crippen molar-refractivity contribution in [2.45, 2.75) is 13.5 Å². The van der Waals surface area contributed by atoms with Gasteiger partial charge in [-0.05, 0) is 25.6 Å². The number of nitrogens with one attached hydrogen (secondary N) is 1. The third-order valence-electron chi connectivity index (χ3n) is 1.53. The molecule has 3 nitrogen and oxygen atoms in total. The van der Waals surface area contributed by atoms with Gasteiger partial charge in [-0.15, -0.1) is 0 Å². The highest BCUT2D eigenvalue weighted by Crippen LogP contribution is 2.21. The van der Waals surface area contributed by atoms with E-state index in [-0.39, 0.29) is 0 Å². The van der Waals surface area contributed by atoms with Gasteiger partial charge in [0.1, 0.15) is 5.02 Å². The van der Waals surface area contributed by atoms with Gasteiger partial charge in [0.05, 0.1) is 6.61 Å². The number of halogens is 1. The van der Waals surface area contributed by atoms with Crippen LogP contribution in [0.4, 0.5) is 0 Å². The summed E-state index contributed by atoms with van der Waals surface area (Å²) >= 11 is 5.93. The minimum atomic E-state index is 0.504. The highest BCUT2D eigenvalue weighted by molar-refractivity contribution is 6.31. The Bertz CT molecular complexity index is 278. The number of rotatable bonds is 4. The summed E-state index contributed by atoms with van der Waals surface area (Å²) in [6.07, 6.45) is 1.76. The average molecular weight is 201 g/mol. The molecule has 0 saturated carbocycles. The highest BCUT2D eigenvalue weighted by Gasteiger charge is 2.02. The summed E-state index contributed by atoms with van der Waals surface area (Å²) in [4.78, 5) is 4.09. The van der Waals surface area contributed by atoms with Gasteiger partial charge in [0.2, 0.25) is 5.88 Å². The van der Waals surface area contributed by atoms with Crippen LogP contribution in [0.15, 0.2) is 12.3 Å². The van der Waals surface area contributed by atoms with Crippen molar-refractivity contribution in [1.29, 1.82) is 0 Å². The Kier molecular flexibility index (Phi) is 3.99. The number of pyridine rings is 1. The van der Waals surface area contributed by atoms with Gasteiger partial charge in [0.25, 0.3) is 0 Å². The monoisotopic (exact) mass is 200 g/mol. The summed E-state index contributed by atoms with van der Waals surface area (Å²) in [7, 11) is 1.88. The molecule has 72 valence electrons. The van der Waals surface area contributed by atoms with Crippen LogP contribution in [0.3, 0.4) is 0 Å². The molecule has 1 rings (SSSR count). The first-order valence-corrected chi connectivity index (χ1v) is 4.57. The first-order valence-electron chi connectivity index (χ1n) is 4.19. The van der Waals surface area contributed by atoms with Crippen molar-refractivity contribution in [1.82, 2.24) is 10.3 Å². The van der Waals surface area contributed by atoms with Gasteiger partial charge in [-0.1, -0.05) is 11.6 Å². The standard InChI is InChI=1S/C9H13ClN2O/c1-3-13-9-8(10)4-7(5-11-2)6-12-9/h4,6,11H,3,5H2,1-2H3. The molecule has 0 atom stereocenters. The molecule has 0 saturated heterocycles. The second-order valence-corrected chi connectivity index (χ2v) is 3.00. The predicted molar refractivity (Wildman–Crippen MR) is 53.2 cm³/mol. The molecule has 1 heterocycles. The van der Waals surface area contributed by atoms with Crippen molar-refractivity contribution in [3.8, 4) is 5.88 Å². The molecule has 0 amide bonds. The Morgan fingerprint density at radius 1 is 1.62 bits per heavy atom. The molecule has 0 aliphatic carbocycles. The van der Waals surface area contributed by atoms with E-state index in [1.54, 1.807) is 6.20 Å². The fourth-order valence-electron chi connectivity index (χ4n) is 1.01. The third-order valence-corrected chi connectivity index (χ3v) is 1.80. The maximum absolute atomic E-state index is 5.93. The molecule has 0 aromatic carbocycles. The Hall–Kier alpha value is -0.800. The maximum Gasteiger partial charge on any atom is 0.232 e. The number of hydrogen-bond donors (Lipinski definition) is 1. The summed E-state index contributed by atoms with van der Waals surface area (Å²) in [6.45, 7) is 3.25. The number of aromatic nitrogens is 1. The first kappa shape index (κ1) is 10.3. The second-order valence-electron chi connectivity index (χ2n) is 2.59. The van der Waals surface area contributed by atoms with Gasteiger partial charge in [-0.3, -0.25) is 0 Å². The average Bonchev–Trinajstić information content (AvgIpc) is 2.10. The number of nitrogens with zero attached hydrogens (tertiary/aromatic N) is 1. The molecule has 4 heteroatoms. The molecule has 0 fully saturated rings. The van der Waals surface area contributed by atoms with Gasteiger partial charge in [0.15, 0.2) is 0 Å². The second kappa shape index (κ2) is 5.04. The molecule has 0 spiro atoms. The zero-order valence-electron chi connectivity index (χ0n) is 7.80. The third kappa shape index (κ3) is 2.86. The Morgan fingerprint density at radius 3 is 2.92 bits per heavy atom. The van der Waals surface area contributed by atoms with Gasteiger partial charge in [-0.25, -0.2) is 4.98 Å². The van der Waals surface area contributed by atoms with E-state index in [4.69, 9.17) is 16.3 Å². The lowest BCUT2D eigenvalue weighted by molar-refractivity contribution is 0.327. The molecular formula is C9H13ClN2O. The Balaban J connectivity index is 2.79. The molecule has 0 bridgehead atoms. The van der Waals surface area contributed by atoms with E-state index in [2.05, 4.69) is 10.3 Å². The van der Waals surface area contributed by atoms with Crippen LogP contribution in [0.25, 0.3) is 0 Å². The van der Waals surface area contributed by atoms with Crippen molar-refractivity contribution in [3.63, 3.8) is 0 Å². The first-order chi connectivity index (χ1) is 6.27. The van der Waals surface area contributed by atoms with E-state index in [9.17, 15) is 0 Å². The minimum absolute atomic E-state index is 0.504. The maximum atomic E-state index is 5.93. The van der Waals surface area contributed by atoms with Gasteiger partial charge in [-0.2, -0.15) is 0 Å². The molecule has 0 aliphatic rings. The zero-order valence-corrected chi connectivity index (χ0v) is 8.56. The lowest BCUT2D eigenvalue weighted by atomic mass is 10.3. The van der Waals surface area contributed by atoms with E-state index in [0.717, 1.165) is 12.1 Å². The van der Waals surface area contributed by atoms with Crippen LogP contribution in [0.5, 0.6) is 5.88 Å². The van der Waals surface area contributed by atoms with Crippen LogP contribution in [0.2, 0.25) is 5.02 Å². The number of hydrogen-bond acceptors (Lipinski definition) is 3. The molecule has 13 heavy (non-hydrogen) atoms. The lowest BCUT2D eigenvalue weighted by Gasteiger charge is -2.05. The summed E-state index contributed by atoms with van der Waals surface area (Å²) in [5.74, 6) is 0.504. The predicted octanol–water partition coefficient (Wildman–Crippen LogP) is 1.85. The fraction of sp³-hybridized carbons (Fsp3) is 0.444. The molecule has 1 aromatic heterocycles. The molecule has 0 unspecified atom stereocenters. The van der Waals surface area contributed by atoms with Crippen molar-refractivity contribution in [2.75, 3.05) is 13.7 Å². The number of ether oxygens (including phenoxy) is 1. The van der Waals surface area contributed by atoms with Crippen molar-refractivity contribution in [2.24, 2.45) is 0 Å². The molecule has 1 aromatic rings. The van der Waals surface area contributed by atoms with Gasteiger partial charge >= 0.3 is 0 Å². The van der Waals surface area contributed by atoms with Crippen LogP contribution in [-0.2, 0) is 6.54 Å². The molecule has 0 aliphatic heterocycles. The Labute approximate surface area is 83.1 Å². The smallest absolute Gasteiger partial charge is 0.232 e. The molecule has 0 radical (unpaired) electrons. The SMILES string of the molecule is CCOc1ncc(CNC)cc1Cl. The van der Waals surface area contributed by atoms with E-state index in [0.29, 0.717) is 17.5 Å². The zero-order chi connectivity index (χ0) is 9.68. The largest absolute Gasteiger partial charge is 0.477 e. The summed E-state index contributed by atoms with van der Waals surface area (Å²) in [6, 6.07) is 1.86. The van der Waals surface area contributed by atoms with E-state index in [1.165, 1.54) is 0 Å². The van der Waals surface area contributed by atoms with Crippen molar-refractivity contribution < 1.29 is 4.74 Å². The van der Waals surface area contributed by atoms with Crippen molar-refractivity contribution >= 4 is 11.6 Å². The van der Waals surface area contributed by atoms with Crippen LogP contribution >= 0.6 is 11.6 Å².